The maximum atomic E-state index is 14.2. The molecule has 1 aliphatic heterocycles. The minimum atomic E-state index is -0.964. The first-order chi connectivity index (χ1) is 16.0. The van der Waals surface area contributed by atoms with E-state index >= 15 is 0 Å². The fourth-order valence-electron chi connectivity index (χ4n) is 6.32. The van der Waals surface area contributed by atoms with Gasteiger partial charge >= 0.3 is 0 Å². The number of nitriles is 1. The second-order valence-corrected chi connectivity index (χ2v) is 10.4. The zero-order chi connectivity index (χ0) is 22.8. The lowest BCUT2D eigenvalue weighted by molar-refractivity contribution is -0.138. The zero-order valence-corrected chi connectivity index (χ0v) is 20.4. The Labute approximate surface area is 207 Å². The fraction of sp³-hybridized carbons (Fsp3) is 0.423. The minimum Gasteiger partial charge on any atom is -0.369 e. The number of carbonyl (C=O) groups excluding carboxylic acids is 1. The molecule has 2 aromatic rings. The van der Waals surface area contributed by atoms with Crippen LogP contribution in [0.15, 0.2) is 47.5 Å². The van der Waals surface area contributed by atoms with Crippen LogP contribution in [0.2, 0.25) is 0 Å². The highest BCUT2D eigenvalue weighted by Crippen LogP contribution is 2.63. The van der Waals surface area contributed by atoms with Gasteiger partial charge in [0.05, 0.1) is 17.7 Å². The van der Waals surface area contributed by atoms with Crippen molar-refractivity contribution < 1.29 is 7.86 Å². The van der Waals surface area contributed by atoms with Gasteiger partial charge in [0.1, 0.15) is 23.0 Å². The number of amides is 1. The SMILES string of the molecule is N#Cc1cccc(-c2ccc3c(c2)C2(N=C(N)N(C4CC4)C2=O)C2(CCC(OI)CC2)C3)c1. The molecule has 0 aromatic heterocycles. The van der Waals surface area contributed by atoms with Gasteiger partial charge in [-0.2, -0.15) is 5.26 Å². The summed E-state index contributed by atoms with van der Waals surface area (Å²) in [5.74, 6) is 0.428. The van der Waals surface area contributed by atoms with Crippen LogP contribution in [0.25, 0.3) is 11.1 Å². The third-order valence-corrected chi connectivity index (χ3v) is 8.83. The smallest absolute Gasteiger partial charge is 0.262 e. The largest absolute Gasteiger partial charge is 0.369 e. The van der Waals surface area contributed by atoms with Gasteiger partial charge in [-0.15, -0.1) is 0 Å². The third-order valence-electron chi connectivity index (χ3n) is 8.11. The molecule has 0 radical (unpaired) electrons. The van der Waals surface area contributed by atoms with Crippen LogP contribution in [-0.2, 0) is 19.8 Å². The Balaban J connectivity index is 1.51. The van der Waals surface area contributed by atoms with Crippen molar-refractivity contribution in [1.29, 1.82) is 5.26 Å². The number of halogens is 1. The number of guanidine groups is 1. The van der Waals surface area contributed by atoms with Gasteiger partial charge in [0.2, 0.25) is 0 Å². The van der Waals surface area contributed by atoms with Gasteiger partial charge in [-0.05, 0) is 85.4 Å². The van der Waals surface area contributed by atoms with E-state index < -0.39 is 5.54 Å². The summed E-state index contributed by atoms with van der Waals surface area (Å²) in [4.78, 5) is 21.0. The van der Waals surface area contributed by atoms with Crippen molar-refractivity contribution in [3.63, 3.8) is 0 Å². The topological polar surface area (TPSA) is 91.7 Å². The summed E-state index contributed by atoms with van der Waals surface area (Å²) in [5, 5.41) is 9.35. The van der Waals surface area contributed by atoms with Crippen LogP contribution in [0.5, 0.6) is 0 Å². The van der Waals surface area contributed by atoms with E-state index in [0.717, 1.165) is 61.6 Å². The second kappa shape index (κ2) is 7.54. The van der Waals surface area contributed by atoms with Crippen LogP contribution >= 0.6 is 23.0 Å². The van der Waals surface area contributed by atoms with E-state index in [2.05, 4.69) is 24.3 Å². The van der Waals surface area contributed by atoms with E-state index in [1.165, 1.54) is 5.56 Å². The molecule has 1 unspecified atom stereocenters. The second-order valence-electron chi connectivity index (χ2n) is 9.90. The molecule has 4 aliphatic rings. The number of nitrogens with two attached hydrogens (primary N) is 1. The van der Waals surface area contributed by atoms with Crippen molar-refractivity contribution in [1.82, 2.24) is 4.90 Å². The number of nitrogens with zero attached hydrogens (tertiary/aromatic N) is 3. The summed E-state index contributed by atoms with van der Waals surface area (Å²) in [7, 11) is 0. The number of aliphatic imine (C=N–C) groups is 1. The van der Waals surface area contributed by atoms with Crippen molar-refractivity contribution in [2.24, 2.45) is 16.1 Å². The molecule has 0 saturated heterocycles. The minimum absolute atomic E-state index is 0.0537. The summed E-state index contributed by atoms with van der Waals surface area (Å²) < 4.78 is 5.63. The molecule has 2 N–H and O–H groups in total. The fourth-order valence-corrected chi connectivity index (χ4v) is 6.83. The lowest BCUT2D eigenvalue weighted by Gasteiger charge is -2.45. The molecule has 6 nitrogen and oxygen atoms in total. The molecule has 33 heavy (non-hydrogen) atoms. The molecule has 2 saturated carbocycles. The summed E-state index contributed by atoms with van der Waals surface area (Å²) in [6.45, 7) is 0. The van der Waals surface area contributed by atoms with Gasteiger partial charge in [0.15, 0.2) is 11.5 Å². The summed E-state index contributed by atoms with van der Waals surface area (Å²) in [6.07, 6.45) is 6.64. The maximum absolute atomic E-state index is 14.2. The number of carbonyl (C=O) groups is 1. The lowest BCUT2D eigenvalue weighted by Crippen LogP contribution is -2.52. The Morgan fingerprint density at radius 3 is 2.58 bits per heavy atom. The molecule has 7 heteroatoms. The molecule has 2 fully saturated rings. The molecule has 6 rings (SSSR count). The molecule has 2 spiro atoms. The molecular formula is C26H25IN4O2. The van der Waals surface area contributed by atoms with Crippen LogP contribution in [0.1, 0.15) is 55.2 Å². The van der Waals surface area contributed by atoms with Gasteiger partial charge in [-0.3, -0.25) is 9.69 Å². The van der Waals surface area contributed by atoms with Crippen molar-refractivity contribution in [2.45, 2.75) is 62.6 Å². The first-order valence-electron chi connectivity index (χ1n) is 11.6. The average molecular weight is 552 g/mol. The summed E-state index contributed by atoms with van der Waals surface area (Å²) in [6, 6.07) is 16.4. The van der Waals surface area contributed by atoms with Crippen LogP contribution < -0.4 is 5.73 Å². The molecule has 1 amide bonds. The molecule has 1 heterocycles. The van der Waals surface area contributed by atoms with Crippen molar-refractivity contribution in [2.75, 3.05) is 0 Å². The Morgan fingerprint density at radius 1 is 1.12 bits per heavy atom. The molecule has 0 bridgehead atoms. The van der Waals surface area contributed by atoms with E-state index in [0.29, 0.717) is 11.5 Å². The molecule has 168 valence electrons. The monoisotopic (exact) mass is 552 g/mol. The summed E-state index contributed by atoms with van der Waals surface area (Å²) in [5.41, 5.74) is 9.97. The Hall–Kier alpha value is -2.44. The summed E-state index contributed by atoms with van der Waals surface area (Å²) >= 11 is 2.00. The van der Waals surface area contributed by atoms with Gasteiger partial charge in [0, 0.05) is 11.5 Å². The lowest BCUT2D eigenvalue weighted by atomic mass is 9.61. The van der Waals surface area contributed by atoms with Crippen molar-refractivity contribution in [3.8, 4) is 17.2 Å². The zero-order valence-electron chi connectivity index (χ0n) is 18.3. The highest BCUT2D eigenvalue weighted by molar-refractivity contribution is 14.1. The third kappa shape index (κ3) is 3.00. The normalized spacial score (nSPS) is 30.5. The van der Waals surface area contributed by atoms with E-state index in [1.54, 1.807) is 11.0 Å². The Morgan fingerprint density at radius 2 is 1.88 bits per heavy atom. The first-order valence-corrected chi connectivity index (χ1v) is 12.5. The first kappa shape index (κ1) is 21.1. The predicted molar refractivity (Wildman–Crippen MR) is 133 cm³/mol. The molecule has 3 aliphatic carbocycles. The highest BCUT2D eigenvalue weighted by Gasteiger charge is 2.67. The number of benzene rings is 2. The van der Waals surface area contributed by atoms with Gasteiger partial charge < -0.3 is 8.80 Å². The van der Waals surface area contributed by atoms with E-state index in [-0.39, 0.29) is 23.5 Å². The molecular weight excluding hydrogens is 527 g/mol. The van der Waals surface area contributed by atoms with E-state index in [4.69, 9.17) is 13.8 Å². The quantitative estimate of drug-likeness (QED) is 0.564. The predicted octanol–water partition coefficient (Wildman–Crippen LogP) is 4.59. The standard InChI is InChI=1S/C26H25IN4O2/c27-33-21-8-10-25(11-9-21)14-19-5-4-18(17-3-1-2-16(12-17)15-28)13-22(19)26(25)23(32)31(20-6-7-20)24(29)30-26/h1-5,12-13,20-21H,6-11,14H2,(H2,29,30). The van der Waals surface area contributed by atoms with Gasteiger partial charge in [-0.25, -0.2) is 4.99 Å². The van der Waals surface area contributed by atoms with Gasteiger partial charge in [0.25, 0.3) is 5.91 Å². The number of fused-ring (bicyclic) bond motifs is 3. The van der Waals surface area contributed by atoms with Crippen LogP contribution in [0.4, 0.5) is 0 Å². The number of rotatable bonds is 3. The molecule has 1 atom stereocenters. The van der Waals surface area contributed by atoms with Crippen LogP contribution in [0.3, 0.4) is 0 Å². The van der Waals surface area contributed by atoms with Crippen LogP contribution in [0, 0.1) is 16.7 Å². The highest BCUT2D eigenvalue weighted by atomic mass is 127. The van der Waals surface area contributed by atoms with Crippen molar-refractivity contribution >= 4 is 34.9 Å². The Bertz CT molecular complexity index is 1220. The maximum Gasteiger partial charge on any atom is 0.262 e. The van der Waals surface area contributed by atoms with Gasteiger partial charge in [-0.1, -0.05) is 24.3 Å². The Kier molecular flexibility index (Phi) is 4.82. The van der Waals surface area contributed by atoms with E-state index in [1.807, 2.05) is 41.2 Å². The van der Waals surface area contributed by atoms with Crippen LogP contribution in [-0.4, -0.2) is 28.9 Å². The number of hydrogen-bond acceptors (Lipinski definition) is 5. The van der Waals surface area contributed by atoms with E-state index in [9.17, 15) is 10.1 Å². The number of hydrogen-bond donors (Lipinski definition) is 1. The van der Waals surface area contributed by atoms with Crippen molar-refractivity contribution in [3.05, 3.63) is 59.2 Å². The molecule has 2 aromatic carbocycles. The average Bonchev–Trinajstić information content (AvgIpc) is 3.59.